The number of halogens is 1. The lowest BCUT2D eigenvalue weighted by molar-refractivity contribution is -0.258. The van der Waals surface area contributed by atoms with Gasteiger partial charge < -0.3 is 0 Å². The smallest absolute Gasteiger partial charge is 0.207 e. The standard InChI is InChI=1S/C19H13FNO3S/c20-17-10-6-15(7-11-17)16-8-12-18(13-9-16)21(14-22)25(23,24)19-4-2-1-3-5-19/h1-13H/q+1. The first-order chi connectivity index (χ1) is 12.0. The predicted molar refractivity (Wildman–Crippen MR) is 91.1 cm³/mol. The molecule has 0 N–H and O–H groups in total. The Morgan fingerprint density at radius 2 is 1.28 bits per heavy atom. The van der Waals surface area contributed by atoms with Gasteiger partial charge in [0.1, 0.15) is 10.7 Å². The number of isocyanates is 1. The summed E-state index contributed by atoms with van der Waals surface area (Å²) in [6, 6.07) is 19.9. The molecule has 0 atom stereocenters. The van der Waals surface area contributed by atoms with Gasteiger partial charge in [0.25, 0.3) is 0 Å². The molecule has 0 fully saturated rings. The highest BCUT2D eigenvalue weighted by atomic mass is 32.2. The van der Waals surface area contributed by atoms with Crippen molar-refractivity contribution in [3.8, 4) is 11.1 Å². The van der Waals surface area contributed by atoms with Crippen molar-refractivity contribution in [3.05, 3.63) is 84.7 Å². The first-order valence-electron chi connectivity index (χ1n) is 7.36. The van der Waals surface area contributed by atoms with E-state index in [1.165, 1.54) is 42.5 Å². The molecule has 0 radical (unpaired) electrons. The number of nitrogens with zero attached hydrogens (tertiary/aromatic N) is 1. The lowest BCUT2D eigenvalue weighted by atomic mass is 10.1. The maximum Gasteiger partial charge on any atom is 0.449 e. The molecule has 0 saturated heterocycles. The van der Waals surface area contributed by atoms with Crippen LogP contribution in [0.5, 0.6) is 0 Å². The molecule has 0 bridgehead atoms. The summed E-state index contributed by atoms with van der Waals surface area (Å²) in [5.74, 6) is -0.337. The molecule has 0 aliphatic heterocycles. The number of hydrogen-bond acceptors (Lipinski definition) is 3. The van der Waals surface area contributed by atoms with Crippen molar-refractivity contribution >= 4 is 21.8 Å². The normalized spacial score (nSPS) is 10.9. The summed E-state index contributed by atoms with van der Waals surface area (Å²) in [6.07, 6.45) is 1.47. The van der Waals surface area contributed by atoms with Crippen LogP contribution in [0.3, 0.4) is 0 Å². The minimum Gasteiger partial charge on any atom is -0.207 e. The topological polar surface area (TPSA) is 54.2 Å². The van der Waals surface area contributed by atoms with Crippen molar-refractivity contribution in [3.63, 3.8) is 0 Å². The van der Waals surface area contributed by atoms with Crippen LogP contribution in [0, 0.1) is 5.82 Å². The van der Waals surface area contributed by atoms with Crippen LogP contribution in [0.4, 0.5) is 10.1 Å². The van der Waals surface area contributed by atoms with Gasteiger partial charge in [0.15, 0.2) is 0 Å². The van der Waals surface area contributed by atoms with Crippen LogP contribution in [0.25, 0.3) is 11.1 Å². The van der Waals surface area contributed by atoms with Crippen LogP contribution >= 0.6 is 0 Å². The first-order valence-corrected chi connectivity index (χ1v) is 8.80. The molecular weight excluding hydrogens is 341 g/mol. The fourth-order valence-electron chi connectivity index (χ4n) is 2.37. The van der Waals surface area contributed by atoms with Crippen LogP contribution in [0.2, 0.25) is 0 Å². The molecule has 3 aromatic carbocycles. The molecule has 124 valence electrons. The van der Waals surface area contributed by atoms with Gasteiger partial charge in [-0.15, -0.1) is 0 Å². The van der Waals surface area contributed by atoms with E-state index >= 15 is 0 Å². The van der Waals surface area contributed by atoms with Gasteiger partial charge in [-0.25, -0.2) is 4.39 Å². The zero-order chi connectivity index (χ0) is 17.9. The molecule has 0 aliphatic rings. The van der Waals surface area contributed by atoms with Crippen LogP contribution < -0.4 is 0 Å². The summed E-state index contributed by atoms with van der Waals surface area (Å²) in [5, 5.41) is 0. The quantitative estimate of drug-likeness (QED) is 0.406. The molecule has 3 aromatic rings. The van der Waals surface area contributed by atoms with E-state index in [9.17, 15) is 17.6 Å². The minimum atomic E-state index is -4.03. The Kier molecular flexibility index (Phi) is 4.57. The summed E-state index contributed by atoms with van der Waals surface area (Å²) >= 11 is 0. The van der Waals surface area contributed by atoms with Gasteiger partial charge in [-0.05, 0) is 47.5 Å². The van der Waals surface area contributed by atoms with E-state index in [1.54, 1.807) is 42.5 Å². The highest BCUT2D eigenvalue weighted by molar-refractivity contribution is 7.85. The summed E-state index contributed by atoms with van der Waals surface area (Å²) in [5.41, 5.74) is 1.72. The molecule has 0 heterocycles. The fraction of sp³-hybridized carbons (Fsp3) is 0. The Bertz CT molecular complexity index is 1040. The van der Waals surface area contributed by atoms with Gasteiger partial charge in [-0.2, -0.15) is 13.2 Å². The molecule has 0 spiro atoms. The molecule has 0 amide bonds. The van der Waals surface area contributed by atoms with E-state index in [4.69, 9.17) is 0 Å². The predicted octanol–water partition coefficient (Wildman–Crippen LogP) is 3.86. The highest BCUT2D eigenvalue weighted by Gasteiger charge is 2.31. The number of hydrogen-bond donors (Lipinski definition) is 0. The van der Waals surface area contributed by atoms with Gasteiger partial charge >= 0.3 is 16.1 Å². The lowest BCUT2D eigenvalue weighted by Gasteiger charge is -2.03. The summed E-state index contributed by atoms with van der Waals surface area (Å²) in [7, 11) is -4.03. The molecule has 0 aromatic heterocycles. The van der Waals surface area contributed by atoms with E-state index in [1.807, 2.05) is 0 Å². The third kappa shape index (κ3) is 3.40. The van der Waals surface area contributed by atoms with E-state index in [-0.39, 0.29) is 16.4 Å². The largest absolute Gasteiger partial charge is 0.449 e. The Balaban J connectivity index is 1.98. The average Bonchev–Trinajstić information content (AvgIpc) is 2.64. The Hall–Kier alpha value is -3.08. The number of benzene rings is 3. The van der Waals surface area contributed by atoms with E-state index in [0.717, 1.165) is 11.1 Å². The van der Waals surface area contributed by atoms with Crippen molar-refractivity contribution < 1.29 is 21.6 Å². The third-order valence-corrected chi connectivity index (χ3v) is 5.28. The maximum atomic E-state index is 13.0. The average molecular weight is 354 g/mol. The van der Waals surface area contributed by atoms with Crippen LogP contribution in [0.1, 0.15) is 0 Å². The number of sulfonamides is 1. The van der Waals surface area contributed by atoms with E-state index in [2.05, 4.69) is 0 Å². The number of carbonyl (C=O) groups excluding carboxylic acids is 1. The second-order valence-electron chi connectivity index (χ2n) is 5.23. The third-order valence-electron chi connectivity index (χ3n) is 3.64. The van der Waals surface area contributed by atoms with Gasteiger partial charge in [-0.1, -0.05) is 30.3 Å². The van der Waals surface area contributed by atoms with E-state index in [0.29, 0.717) is 3.98 Å². The fourth-order valence-corrected chi connectivity index (χ4v) is 3.58. The molecular formula is C19H13FNO3S+. The molecule has 0 saturated carbocycles. The van der Waals surface area contributed by atoms with Gasteiger partial charge in [0, 0.05) is 16.1 Å². The van der Waals surface area contributed by atoms with Gasteiger partial charge in [-0.3, -0.25) is 0 Å². The Labute approximate surface area is 144 Å². The lowest BCUT2D eigenvalue weighted by Crippen LogP contribution is -2.16. The monoisotopic (exact) mass is 354 g/mol. The zero-order valence-corrected chi connectivity index (χ0v) is 13.8. The maximum absolute atomic E-state index is 13.0. The highest BCUT2D eigenvalue weighted by Crippen LogP contribution is 2.25. The van der Waals surface area contributed by atoms with Crippen molar-refractivity contribution in [2.45, 2.75) is 4.90 Å². The van der Waals surface area contributed by atoms with Crippen LogP contribution in [0.15, 0.2) is 83.8 Å². The molecule has 3 rings (SSSR count). The minimum absolute atomic E-state index is 0.000890. The van der Waals surface area contributed by atoms with Crippen molar-refractivity contribution in [2.75, 3.05) is 0 Å². The Morgan fingerprint density at radius 3 is 1.80 bits per heavy atom. The second kappa shape index (κ2) is 6.81. The molecule has 0 unspecified atom stereocenters. The van der Waals surface area contributed by atoms with Crippen LogP contribution in [-0.2, 0) is 14.8 Å². The Morgan fingerprint density at radius 1 is 0.760 bits per heavy atom. The van der Waals surface area contributed by atoms with E-state index < -0.39 is 10.0 Å². The second-order valence-corrected chi connectivity index (χ2v) is 7.01. The van der Waals surface area contributed by atoms with Gasteiger partial charge in [0.05, 0.1) is 0 Å². The molecule has 4 nitrogen and oxygen atoms in total. The van der Waals surface area contributed by atoms with Gasteiger partial charge in [0.2, 0.25) is 5.69 Å². The molecule has 0 aliphatic carbocycles. The first kappa shape index (κ1) is 16.8. The zero-order valence-electron chi connectivity index (χ0n) is 13.0. The van der Waals surface area contributed by atoms with Crippen LogP contribution in [-0.4, -0.2) is 18.5 Å². The molecule has 25 heavy (non-hydrogen) atoms. The summed E-state index contributed by atoms with van der Waals surface area (Å²) < 4.78 is 38.7. The van der Waals surface area contributed by atoms with Crippen molar-refractivity contribution in [2.24, 2.45) is 0 Å². The molecule has 6 heteroatoms. The van der Waals surface area contributed by atoms with Crippen molar-refractivity contribution in [1.82, 2.24) is 0 Å². The van der Waals surface area contributed by atoms with Crippen molar-refractivity contribution in [1.29, 1.82) is 0 Å². The summed E-state index contributed by atoms with van der Waals surface area (Å²) in [4.78, 5) is 11.3. The number of rotatable bonds is 4. The summed E-state index contributed by atoms with van der Waals surface area (Å²) in [6.45, 7) is 0. The SMILES string of the molecule is O=C=[N+](c1ccc(-c2ccc(F)cc2)cc1)S(=O)(=O)c1ccccc1.